The van der Waals surface area contributed by atoms with Crippen LogP contribution in [0.1, 0.15) is 57.2 Å². The zero-order chi connectivity index (χ0) is 40.7. The standard InChI is InChI=1S/C55H41BN2O3/c1-30-25-38-39(55(4,5)24-23-54(38,2)3)28-41(30)58-42-29-48-47(59-45-19-10-11-20-46(45)60-48)27-37(42)49-50-43(26-36-33-15-8-9-18-44(33)61-53(36)49)57-51-32-14-7-6-13-31(32)21-22-35(51)34-16-12-17-40(52(34)57)56(50)58/h6-22,25-29H,23-24H2,1-5H3. The molecule has 8 aromatic carbocycles. The molecule has 0 bridgehead atoms. The molecule has 0 N–H and O–H groups in total. The number of aryl methyl sites for hydroxylation is 1. The summed E-state index contributed by atoms with van der Waals surface area (Å²) >= 11 is 0. The van der Waals surface area contributed by atoms with Gasteiger partial charge in [-0.2, -0.15) is 0 Å². The van der Waals surface area contributed by atoms with E-state index in [4.69, 9.17) is 13.9 Å². The number of nitrogens with zero attached hydrogens (tertiary/aromatic N) is 2. The number of hydrogen-bond donors (Lipinski definition) is 0. The van der Waals surface area contributed by atoms with Gasteiger partial charge in [-0.15, -0.1) is 0 Å². The van der Waals surface area contributed by atoms with E-state index in [-0.39, 0.29) is 17.7 Å². The first-order chi connectivity index (χ1) is 29.6. The van der Waals surface area contributed by atoms with Gasteiger partial charge in [-0.3, -0.25) is 0 Å². The van der Waals surface area contributed by atoms with Crippen molar-refractivity contribution < 1.29 is 13.9 Å². The average Bonchev–Trinajstić information content (AvgIpc) is 3.82. The van der Waals surface area contributed by atoms with Gasteiger partial charge in [-0.1, -0.05) is 119 Å². The number of benzene rings is 8. The predicted octanol–water partition coefficient (Wildman–Crippen LogP) is 13.6. The van der Waals surface area contributed by atoms with Gasteiger partial charge in [-0.25, -0.2) is 0 Å². The fourth-order valence-electron chi connectivity index (χ4n) is 11.7. The molecule has 10 aromatic rings. The number of para-hydroxylation sites is 4. The number of hydrogen-bond acceptors (Lipinski definition) is 4. The molecule has 4 aliphatic rings. The minimum atomic E-state index is -0.187. The van der Waals surface area contributed by atoms with Crippen molar-refractivity contribution in [2.24, 2.45) is 0 Å². The Bertz CT molecular complexity index is 3640. The van der Waals surface area contributed by atoms with E-state index in [1.807, 2.05) is 24.3 Å². The summed E-state index contributed by atoms with van der Waals surface area (Å²) in [5.41, 5.74) is 16.6. The second kappa shape index (κ2) is 11.3. The van der Waals surface area contributed by atoms with Gasteiger partial charge in [0, 0.05) is 61.2 Å². The fourth-order valence-corrected chi connectivity index (χ4v) is 11.7. The number of anilines is 2. The summed E-state index contributed by atoms with van der Waals surface area (Å²) in [5.74, 6) is 2.82. The first-order valence-electron chi connectivity index (χ1n) is 21.7. The highest BCUT2D eigenvalue weighted by atomic mass is 16.6. The number of ether oxygens (including phenoxy) is 2. The van der Waals surface area contributed by atoms with E-state index in [1.165, 1.54) is 71.6 Å². The van der Waals surface area contributed by atoms with Crippen molar-refractivity contribution in [1.82, 2.24) is 4.57 Å². The van der Waals surface area contributed by atoms with Gasteiger partial charge in [0.05, 0.1) is 11.0 Å². The number of aromatic nitrogens is 1. The smallest absolute Gasteiger partial charge is 0.333 e. The highest BCUT2D eigenvalue weighted by Gasteiger charge is 2.47. The lowest BCUT2D eigenvalue weighted by Crippen LogP contribution is -2.60. The summed E-state index contributed by atoms with van der Waals surface area (Å²) in [6.07, 6.45) is 2.30. The molecule has 5 nitrogen and oxygen atoms in total. The van der Waals surface area contributed by atoms with Crippen LogP contribution >= 0.6 is 0 Å². The minimum Gasteiger partial charge on any atom is -0.455 e. The van der Waals surface area contributed by atoms with Crippen LogP contribution in [0.15, 0.2) is 138 Å². The summed E-state index contributed by atoms with van der Waals surface area (Å²) < 4.78 is 23.1. The molecule has 61 heavy (non-hydrogen) atoms. The third kappa shape index (κ3) is 4.27. The lowest BCUT2D eigenvalue weighted by atomic mass is 9.43. The zero-order valence-electron chi connectivity index (χ0n) is 34.8. The van der Waals surface area contributed by atoms with Crippen LogP contribution in [0.5, 0.6) is 23.0 Å². The van der Waals surface area contributed by atoms with Crippen molar-refractivity contribution in [3.8, 4) is 39.8 Å². The molecule has 2 aromatic heterocycles. The van der Waals surface area contributed by atoms with Crippen LogP contribution in [0, 0.1) is 6.92 Å². The van der Waals surface area contributed by atoms with Gasteiger partial charge >= 0.3 is 6.85 Å². The van der Waals surface area contributed by atoms with E-state index in [1.54, 1.807) is 0 Å². The summed E-state index contributed by atoms with van der Waals surface area (Å²) in [6, 6.07) is 48.8. The fraction of sp³-hybridized carbons (Fsp3) is 0.164. The van der Waals surface area contributed by atoms with Crippen LogP contribution in [0.25, 0.3) is 71.3 Å². The molecule has 6 heteroatoms. The van der Waals surface area contributed by atoms with Crippen molar-refractivity contribution in [1.29, 1.82) is 0 Å². The van der Waals surface area contributed by atoms with E-state index in [0.717, 1.165) is 51.6 Å². The third-order valence-electron chi connectivity index (χ3n) is 14.8. The van der Waals surface area contributed by atoms with Gasteiger partial charge in [-0.05, 0) is 100.0 Å². The molecule has 0 amide bonds. The van der Waals surface area contributed by atoms with Gasteiger partial charge in [0.25, 0.3) is 0 Å². The van der Waals surface area contributed by atoms with Crippen LogP contribution in [-0.2, 0) is 10.8 Å². The molecule has 0 saturated heterocycles. The number of rotatable bonds is 1. The van der Waals surface area contributed by atoms with E-state index in [0.29, 0.717) is 23.0 Å². The predicted molar refractivity (Wildman–Crippen MR) is 251 cm³/mol. The number of furan rings is 1. The van der Waals surface area contributed by atoms with Crippen LogP contribution < -0.4 is 25.2 Å². The largest absolute Gasteiger partial charge is 0.455 e. The first-order valence-corrected chi connectivity index (χ1v) is 21.7. The van der Waals surface area contributed by atoms with Gasteiger partial charge in [0.15, 0.2) is 23.0 Å². The van der Waals surface area contributed by atoms with Crippen LogP contribution in [0.4, 0.5) is 11.4 Å². The van der Waals surface area contributed by atoms with Crippen LogP contribution in [0.2, 0.25) is 0 Å². The monoisotopic (exact) mass is 788 g/mol. The maximum atomic E-state index is 7.07. The van der Waals surface area contributed by atoms with Crippen molar-refractivity contribution in [3.05, 3.63) is 150 Å². The van der Waals surface area contributed by atoms with Crippen molar-refractivity contribution >= 4 is 83.7 Å². The normalized spacial score (nSPS) is 16.3. The minimum absolute atomic E-state index is 0.0198. The molecule has 0 unspecified atom stereocenters. The Morgan fingerprint density at radius 1 is 0.541 bits per heavy atom. The highest BCUT2D eigenvalue weighted by molar-refractivity contribution is 6.94. The molecule has 14 rings (SSSR count). The molecular formula is C55H41BN2O3. The molecule has 0 fully saturated rings. The summed E-state index contributed by atoms with van der Waals surface area (Å²) in [5, 5.41) is 7.20. The van der Waals surface area contributed by atoms with Crippen molar-refractivity contribution in [2.75, 3.05) is 4.81 Å². The van der Waals surface area contributed by atoms with Crippen molar-refractivity contribution in [3.63, 3.8) is 0 Å². The molecular weight excluding hydrogens is 747 g/mol. The highest BCUT2D eigenvalue weighted by Crippen LogP contribution is 2.56. The Hall–Kier alpha value is -6.92. The lowest BCUT2D eigenvalue weighted by molar-refractivity contribution is 0.332. The second-order valence-corrected chi connectivity index (χ2v) is 19.1. The van der Waals surface area contributed by atoms with Crippen LogP contribution in [-0.4, -0.2) is 11.4 Å². The van der Waals surface area contributed by atoms with Crippen molar-refractivity contribution in [2.45, 2.75) is 58.3 Å². The maximum absolute atomic E-state index is 7.07. The molecule has 0 spiro atoms. The molecule has 1 aliphatic carbocycles. The van der Waals surface area contributed by atoms with Crippen LogP contribution in [0.3, 0.4) is 0 Å². The van der Waals surface area contributed by atoms with Gasteiger partial charge in [0.2, 0.25) is 0 Å². The topological polar surface area (TPSA) is 39.8 Å². The van der Waals surface area contributed by atoms with E-state index in [2.05, 4.69) is 153 Å². The van der Waals surface area contributed by atoms with E-state index >= 15 is 0 Å². The molecule has 5 heterocycles. The summed E-state index contributed by atoms with van der Waals surface area (Å²) in [4.78, 5) is 2.64. The first kappa shape index (κ1) is 33.9. The summed E-state index contributed by atoms with van der Waals surface area (Å²) in [7, 11) is 0. The van der Waals surface area contributed by atoms with Gasteiger partial charge < -0.3 is 23.3 Å². The Morgan fingerprint density at radius 2 is 1.21 bits per heavy atom. The quantitative estimate of drug-likeness (QED) is 0.155. The average molecular weight is 789 g/mol. The molecule has 0 saturated carbocycles. The van der Waals surface area contributed by atoms with Gasteiger partial charge in [0.1, 0.15) is 11.2 Å². The molecule has 0 atom stereocenters. The third-order valence-corrected chi connectivity index (χ3v) is 14.8. The Labute approximate surface area is 353 Å². The summed E-state index contributed by atoms with van der Waals surface area (Å²) in [6.45, 7) is 11.8. The molecule has 0 radical (unpaired) electrons. The zero-order valence-corrected chi connectivity index (χ0v) is 34.8. The Kier molecular flexibility index (Phi) is 6.25. The van der Waals surface area contributed by atoms with E-state index in [9.17, 15) is 0 Å². The number of fused-ring (bicyclic) bond motifs is 16. The molecule has 292 valence electrons. The lowest BCUT2D eigenvalue weighted by Gasteiger charge is -2.46. The Morgan fingerprint density at radius 3 is 2.02 bits per heavy atom. The Balaban J connectivity index is 1.18. The second-order valence-electron chi connectivity index (χ2n) is 19.1. The molecule has 3 aliphatic heterocycles. The SMILES string of the molecule is Cc1cc2c(cc1N1B3c4c(cc5c(oc6ccccc65)c4-c4cc5c(cc41)Oc1ccccc1O5)-n1c4c3cccc4c3ccc4ccccc4c31)C(C)(C)CCC2(C)C. The maximum Gasteiger partial charge on any atom is 0.333 e. The van der Waals surface area contributed by atoms with E-state index < -0.39 is 0 Å².